The van der Waals surface area contributed by atoms with Crippen molar-refractivity contribution < 1.29 is 24.2 Å². The Labute approximate surface area is 164 Å². The zero-order valence-corrected chi connectivity index (χ0v) is 16.2. The first-order chi connectivity index (χ1) is 13.5. The molecule has 0 radical (unpaired) electrons. The molecule has 1 saturated heterocycles. The van der Waals surface area contributed by atoms with E-state index in [2.05, 4.69) is 0 Å². The molecule has 1 aliphatic heterocycles. The molecule has 6 heteroatoms. The Balaban J connectivity index is 1.56. The van der Waals surface area contributed by atoms with Gasteiger partial charge >= 0.3 is 5.97 Å². The fourth-order valence-electron chi connectivity index (χ4n) is 3.62. The summed E-state index contributed by atoms with van der Waals surface area (Å²) in [7, 11) is 3.17. The van der Waals surface area contributed by atoms with Gasteiger partial charge in [-0.1, -0.05) is 18.2 Å². The molecule has 0 saturated carbocycles. The van der Waals surface area contributed by atoms with Gasteiger partial charge in [0.15, 0.2) is 11.5 Å². The third-order valence-electron chi connectivity index (χ3n) is 5.17. The number of aromatic carboxylic acids is 1. The smallest absolute Gasteiger partial charge is 0.335 e. The maximum atomic E-state index is 12.7. The number of carboxylic acid groups (broad SMARTS) is 1. The molecule has 2 aromatic rings. The number of ether oxygens (including phenoxy) is 2. The molecule has 2 aromatic carbocycles. The molecule has 6 nitrogen and oxygen atoms in total. The molecule has 0 bridgehead atoms. The Morgan fingerprint density at radius 3 is 2.36 bits per heavy atom. The molecule has 1 N–H and O–H groups in total. The molecule has 1 fully saturated rings. The number of carbonyl (C=O) groups is 2. The van der Waals surface area contributed by atoms with E-state index < -0.39 is 5.97 Å². The van der Waals surface area contributed by atoms with E-state index in [1.54, 1.807) is 26.4 Å². The average molecular weight is 383 g/mol. The van der Waals surface area contributed by atoms with Crippen LogP contribution in [-0.4, -0.2) is 49.2 Å². The number of methoxy groups -OCH3 is 2. The van der Waals surface area contributed by atoms with Gasteiger partial charge in [-0.2, -0.15) is 0 Å². The summed E-state index contributed by atoms with van der Waals surface area (Å²) in [6.45, 7) is 1.48. The highest BCUT2D eigenvalue weighted by Gasteiger charge is 2.26. The topological polar surface area (TPSA) is 76.1 Å². The zero-order valence-electron chi connectivity index (χ0n) is 16.2. The van der Waals surface area contributed by atoms with Crippen LogP contribution in [0.15, 0.2) is 42.5 Å². The van der Waals surface area contributed by atoms with E-state index in [-0.39, 0.29) is 5.91 Å². The van der Waals surface area contributed by atoms with E-state index in [9.17, 15) is 9.59 Å². The molecule has 0 spiro atoms. The largest absolute Gasteiger partial charge is 0.493 e. The number of hydrogen-bond donors (Lipinski definition) is 1. The molecule has 0 aromatic heterocycles. The SMILES string of the molecule is COc1ccc(CC(=O)N2CCC(Cc3ccc(C(=O)O)cc3)C2)cc1OC. The number of carbonyl (C=O) groups excluding carboxylic acids is 1. The maximum Gasteiger partial charge on any atom is 0.335 e. The Morgan fingerprint density at radius 1 is 1.04 bits per heavy atom. The van der Waals surface area contributed by atoms with E-state index in [4.69, 9.17) is 14.6 Å². The Hall–Kier alpha value is -3.02. The summed E-state index contributed by atoms with van der Waals surface area (Å²) in [6, 6.07) is 12.5. The summed E-state index contributed by atoms with van der Waals surface area (Å²) in [6.07, 6.45) is 2.14. The van der Waals surface area contributed by atoms with Crippen molar-refractivity contribution in [2.45, 2.75) is 19.3 Å². The molecule has 28 heavy (non-hydrogen) atoms. The summed E-state index contributed by atoms with van der Waals surface area (Å²) < 4.78 is 10.5. The lowest BCUT2D eigenvalue weighted by Crippen LogP contribution is -2.30. The number of nitrogens with zero attached hydrogens (tertiary/aromatic N) is 1. The number of benzene rings is 2. The molecule has 0 aliphatic carbocycles. The molecule has 1 aliphatic rings. The van der Waals surface area contributed by atoms with Crippen molar-refractivity contribution in [1.82, 2.24) is 4.90 Å². The van der Waals surface area contributed by atoms with E-state index in [1.807, 2.05) is 35.2 Å². The summed E-state index contributed by atoms with van der Waals surface area (Å²) in [5, 5.41) is 8.98. The minimum absolute atomic E-state index is 0.107. The van der Waals surface area contributed by atoms with Crippen LogP contribution in [0, 0.1) is 5.92 Å². The second kappa shape index (κ2) is 8.78. The first-order valence-corrected chi connectivity index (χ1v) is 9.31. The molecular weight excluding hydrogens is 358 g/mol. The highest BCUT2D eigenvalue weighted by atomic mass is 16.5. The number of likely N-dealkylation sites (tertiary alicyclic amines) is 1. The van der Waals surface area contributed by atoms with Crippen molar-refractivity contribution in [3.05, 3.63) is 59.2 Å². The molecule has 148 valence electrons. The Morgan fingerprint density at radius 2 is 1.71 bits per heavy atom. The van der Waals surface area contributed by atoms with Crippen LogP contribution in [0.1, 0.15) is 27.9 Å². The predicted molar refractivity (Wildman–Crippen MR) is 105 cm³/mol. The van der Waals surface area contributed by atoms with Crippen LogP contribution in [0.25, 0.3) is 0 Å². The Kier molecular flexibility index (Phi) is 6.19. The van der Waals surface area contributed by atoms with Crippen molar-refractivity contribution in [2.24, 2.45) is 5.92 Å². The van der Waals surface area contributed by atoms with Crippen molar-refractivity contribution in [2.75, 3.05) is 27.3 Å². The second-order valence-electron chi connectivity index (χ2n) is 7.07. The monoisotopic (exact) mass is 383 g/mol. The number of amides is 1. The highest BCUT2D eigenvalue weighted by molar-refractivity contribution is 5.87. The van der Waals surface area contributed by atoms with Gasteiger partial charge in [-0.3, -0.25) is 4.79 Å². The minimum atomic E-state index is -0.917. The Bertz CT molecular complexity index is 847. The second-order valence-corrected chi connectivity index (χ2v) is 7.07. The van der Waals surface area contributed by atoms with Gasteiger partial charge in [0.1, 0.15) is 0 Å². The van der Waals surface area contributed by atoms with Crippen molar-refractivity contribution in [3.63, 3.8) is 0 Å². The minimum Gasteiger partial charge on any atom is -0.493 e. The van der Waals surface area contributed by atoms with E-state index in [0.29, 0.717) is 29.4 Å². The van der Waals surface area contributed by atoms with E-state index in [0.717, 1.165) is 37.1 Å². The van der Waals surface area contributed by atoms with Crippen LogP contribution >= 0.6 is 0 Å². The van der Waals surface area contributed by atoms with Gasteiger partial charge in [-0.05, 0) is 54.2 Å². The maximum absolute atomic E-state index is 12.7. The van der Waals surface area contributed by atoms with E-state index in [1.165, 1.54) is 0 Å². The van der Waals surface area contributed by atoms with Crippen LogP contribution in [0.5, 0.6) is 11.5 Å². The van der Waals surface area contributed by atoms with Gasteiger partial charge in [-0.15, -0.1) is 0 Å². The summed E-state index contributed by atoms with van der Waals surface area (Å²) >= 11 is 0. The third-order valence-corrected chi connectivity index (χ3v) is 5.17. The van der Waals surface area contributed by atoms with Crippen molar-refractivity contribution in [3.8, 4) is 11.5 Å². The van der Waals surface area contributed by atoms with Gasteiger partial charge in [0.2, 0.25) is 5.91 Å². The summed E-state index contributed by atoms with van der Waals surface area (Å²) in [4.78, 5) is 25.5. The van der Waals surface area contributed by atoms with Crippen LogP contribution in [0.3, 0.4) is 0 Å². The quantitative estimate of drug-likeness (QED) is 0.795. The molecular formula is C22H25NO5. The van der Waals surface area contributed by atoms with Crippen LogP contribution in [0.4, 0.5) is 0 Å². The van der Waals surface area contributed by atoms with Crippen molar-refractivity contribution >= 4 is 11.9 Å². The molecule has 1 unspecified atom stereocenters. The van der Waals surface area contributed by atoms with Crippen LogP contribution in [0.2, 0.25) is 0 Å². The van der Waals surface area contributed by atoms with Gasteiger partial charge in [0.25, 0.3) is 0 Å². The number of rotatable bonds is 7. The third kappa shape index (κ3) is 4.63. The zero-order chi connectivity index (χ0) is 20.1. The fraction of sp³-hybridized carbons (Fsp3) is 0.364. The number of hydrogen-bond acceptors (Lipinski definition) is 4. The number of carboxylic acids is 1. The van der Waals surface area contributed by atoms with Gasteiger partial charge in [0.05, 0.1) is 26.2 Å². The molecule has 1 amide bonds. The summed E-state index contributed by atoms with van der Waals surface area (Å²) in [5.74, 6) is 0.853. The lowest BCUT2D eigenvalue weighted by molar-refractivity contribution is -0.129. The van der Waals surface area contributed by atoms with Crippen molar-refractivity contribution in [1.29, 1.82) is 0 Å². The van der Waals surface area contributed by atoms with E-state index >= 15 is 0 Å². The van der Waals surface area contributed by atoms with Crippen LogP contribution < -0.4 is 9.47 Å². The lowest BCUT2D eigenvalue weighted by atomic mass is 9.98. The first-order valence-electron chi connectivity index (χ1n) is 9.31. The predicted octanol–water partition coefficient (Wildman–Crippen LogP) is 3.04. The lowest BCUT2D eigenvalue weighted by Gasteiger charge is -2.17. The van der Waals surface area contributed by atoms with Gasteiger partial charge < -0.3 is 19.5 Å². The fourth-order valence-corrected chi connectivity index (χ4v) is 3.62. The van der Waals surface area contributed by atoms with Gasteiger partial charge in [0, 0.05) is 13.1 Å². The molecule has 1 atom stereocenters. The first kappa shape index (κ1) is 19.7. The van der Waals surface area contributed by atoms with Gasteiger partial charge in [-0.25, -0.2) is 4.79 Å². The highest BCUT2D eigenvalue weighted by Crippen LogP contribution is 2.28. The molecule has 3 rings (SSSR count). The normalized spacial score (nSPS) is 16.1. The molecule has 1 heterocycles. The average Bonchev–Trinajstić information content (AvgIpc) is 3.17. The van der Waals surface area contributed by atoms with Crippen LogP contribution in [-0.2, 0) is 17.6 Å². The summed E-state index contributed by atoms with van der Waals surface area (Å²) in [5.41, 5.74) is 2.29. The standard InChI is InChI=1S/C22H25NO5/c1-27-19-8-5-16(12-20(19)28-2)13-21(24)23-10-9-17(14-23)11-15-3-6-18(7-4-15)22(25)26/h3-8,12,17H,9-11,13-14H2,1-2H3,(H,25,26).